The number of benzene rings is 1. The van der Waals surface area contributed by atoms with Crippen molar-refractivity contribution in [3.05, 3.63) is 41.1 Å². The molecule has 1 fully saturated rings. The summed E-state index contributed by atoms with van der Waals surface area (Å²) in [5, 5.41) is -0.280. The number of nitrogens with zero attached hydrogens (tertiary/aromatic N) is 1. The molecule has 0 aromatic heterocycles. The van der Waals surface area contributed by atoms with Gasteiger partial charge in [-0.05, 0) is 45.4 Å². The number of rotatable bonds is 6. The van der Waals surface area contributed by atoms with Crippen LogP contribution in [0.1, 0.15) is 26.3 Å². The number of carbonyl (C=O) groups excluding carboxylic acids is 3. The van der Waals surface area contributed by atoms with E-state index in [1.165, 1.54) is 35.9 Å². The van der Waals surface area contributed by atoms with Crippen molar-refractivity contribution in [2.45, 2.75) is 44.0 Å². The van der Waals surface area contributed by atoms with Crippen molar-refractivity contribution in [3.8, 4) is 0 Å². The Morgan fingerprint density at radius 1 is 1.20 bits per heavy atom. The molecule has 1 unspecified atom stereocenters. The molecule has 0 radical (unpaired) electrons. The molecule has 0 bridgehead atoms. The van der Waals surface area contributed by atoms with Crippen molar-refractivity contribution in [1.29, 1.82) is 0 Å². The van der Waals surface area contributed by atoms with Crippen molar-refractivity contribution in [2.75, 3.05) is 26.3 Å². The van der Waals surface area contributed by atoms with Gasteiger partial charge in [0, 0.05) is 12.9 Å². The number of aryl methyl sites for hydroxylation is 1. The van der Waals surface area contributed by atoms with Crippen LogP contribution in [-0.4, -0.2) is 73.4 Å². The lowest BCUT2D eigenvalue weighted by molar-refractivity contribution is -0.173. The van der Waals surface area contributed by atoms with Gasteiger partial charge in [-0.15, -0.1) is 11.8 Å². The van der Waals surface area contributed by atoms with Gasteiger partial charge in [-0.2, -0.15) is 8.42 Å². The Morgan fingerprint density at radius 2 is 1.80 bits per heavy atom. The van der Waals surface area contributed by atoms with E-state index in [0.717, 1.165) is 5.56 Å². The number of thioether (sulfide) groups is 1. The van der Waals surface area contributed by atoms with Gasteiger partial charge in [0.2, 0.25) is 12.7 Å². The molecule has 194 valence electrons. The smallest absolute Gasteiger partial charge is 0.358 e. The molecule has 0 aliphatic carbocycles. The van der Waals surface area contributed by atoms with Crippen LogP contribution in [0, 0.1) is 12.3 Å². The summed E-state index contributed by atoms with van der Waals surface area (Å²) < 4.78 is 44.6. The van der Waals surface area contributed by atoms with Crippen LogP contribution in [0.15, 0.2) is 40.4 Å². The maximum atomic E-state index is 12.4. The molecule has 35 heavy (non-hydrogen) atoms. The van der Waals surface area contributed by atoms with E-state index < -0.39 is 40.3 Å². The van der Waals surface area contributed by atoms with Crippen LogP contribution in [0.4, 0.5) is 0 Å². The molecule has 2 heterocycles. The first kappa shape index (κ1) is 28.8. The number of hydrogen-bond acceptors (Lipinski definition) is 10. The second-order valence-electron chi connectivity index (χ2n) is 8.84. The van der Waals surface area contributed by atoms with Gasteiger partial charge < -0.3 is 19.9 Å². The average Bonchev–Trinajstić information content (AvgIpc) is 2.77. The third-order valence-corrected chi connectivity index (χ3v) is 7.14. The summed E-state index contributed by atoms with van der Waals surface area (Å²) in [6, 6.07) is 5.36. The van der Waals surface area contributed by atoms with Gasteiger partial charge in [0.1, 0.15) is 17.1 Å². The van der Waals surface area contributed by atoms with E-state index in [1.54, 1.807) is 32.9 Å². The zero-order valence-electron chi connectivity index (χ0n) is 20.1. The number of methoxy groups -OCH3 is 1. The molecule has 2 aliphatic rings. The highest BCUT2D eigenvalue weighted by Crippen LogP contribution is 2.39. The van der Waals surface area contributed by atoms with E-state index in [4.69, 9.17) is 24.5 Å². The average molecular weight is 531 g/mol. The summed E-state index contributed by atoms with van der Waals surface area (Å²) in [7, 11) is -2.52. The van der Waals surface area contributed by atoms with Gasteiger partial charge in [-0.1, -0.05) is 17.7 Å². The molecule has 0 saturated carbocycles. The summed E-state index contributed by atoms with van der Waals surface area (Å²) in [6.07, 6.45) is 0. The predicted molar refractivity (Wildman–Crippen MR) is 127 cm³/mol. The van der Waals surface area contributed by atoms with Gasteiger partial charge in [-0.25, -0.2) is 4.79 Å². The Balaban J connectivity index is 0.000000328. The van der Waals surface area contributed by atoms with Crippen LogP contribution in [0.5, 0.6) is 0 Å². The third-order valence-electron chi connectivity index (χ3n) is 4.91. The van der Waals surface area contributed by atoms with E-state index in [-0.39, 0.29) is 28.5 Å². The molecular weight excluding hydrogens is 500 g/mol. The molecule has 1 aromatic rings. The van der Waals surface area contributed by atoms with Crippen LogP contribution >= 0.6 is 11.8 Å². The summed E-state index contributed by atoms with van der Waals surface area (Å²) in [4.78, 5) is 37.3. The molecule has 1 aromatic carbocycles. The van der Waals surface area contributed by atoms with E-state index >= 15 is 0 Å². The topological polar surface area (TPSA) is 163 Å². The summed E-state index contributed by atoms with van der Waals surface area (Å²) in [6.45, 7) is 6.61. The minimum atomic E-state index is -4.02. The van der Waals surface area contributed by atoms with Crippen molar-refractivity contribution >= 4 is 39.7 Å². The van der Waals surface area contributed by atoms with Crippen LogP contribution in [0.25, 0.3) is 0 Å². The number of ether oxygens (including phenoxy) is 3. The zero-order valence-corrected chi connectivity index (χ0v) is 21.8. The van der Waals surface area contributed by atoms with Gasteiger partial charge >= 0.3 is 11.9 Å². The van der Waals surface area contributed by atoms with E-state index in [0.29, 0.717) is 11.3 Å². The number of amides is 1. The fraction of sp³-hybridized carbons (Fsp3) is 0.500. The molecule has 3 N–H and O–H groups in total. The molecule has 11 nitrogen and oxygen atoms in total. The number of β-lactam (4-membered cyclic amide) rings is 1. The second-order valence-corrected chi connectivity index (χ2v) is 11.4. The Bertz CT molecular complexity index is 1090. The molecule has 1 amide bonds. The van der Waals surface area contributed by atoms with Crippen LogP contribution in [0.3, 0.4) is 0 Å². The van der Waals surface area contributed by atoms with Gasteiger partial charge in [0.05, 0.1) is 16.9 Å². The fourth-order valence-electron chi connectivity index (χ4n) is 2.99. The van der Waals surface area contributed by atoms with Crippen LogP contribution in [0.2, 0.25) is 0 Å². The molecule has 13 heteroatoms. The maximum absolute atomic E-state index is 12.4. The van der Waals surface area contributed by atoms with Crippen LogP contribution < -0.4 is 5.73 Å². The molecular formula is C22H30N2O9S2. The Kier molecular flexibility index (Phi) is 9.48. The standard InChI is InChI=1S/C15H22N2O6S.C7H8O3S/c1-15(2,3)14(20)23-7-22-13(19)10-8(5-21-4)6-24-12-9(16)11(18)17(10)12;1-6-2-4-7(5-3-6)11(8,9)10/h9,12H,5-7,16H2,1-4H3;2-5H,1H3,(H,8,9,10)/t9?,12-;/m1./s1. The first-order valence-electron chi connectivity index (χ1n) is 10.5. The zero-order chi connectivity index (χ0) is 26.6. The highest BCUT2D eigenvalue weighted by atomic mass is 32.2. The molecule has 3 rings (SSSR count). The van der Waals surface area contributed by atoms with Crippen molar-refractivity contribution in [1.82, 2.24) is 4.90 Å². The predicted octanol–water partition coefficient (Wildman–Crippen LogP) is 1.46. The number of nitrogens with two attached hydrogens (primary N) is 1. The molecule has 0 spiro atoms. The largest absolute Gasteiger partial charge is 0.427 e. The lowest BCUT2D eigenvalue weighted by Crippen LogP contribution is -2.68. The number of carbonyl (C=O) groups is 3. The summed E-state index contributed by atoms with van der Waals surface area (Å²) in [5.41, 5.74) is 6.80. The van der Waals surface area contributed by atoms with Gasteiger partial charge in [0.15, 0.2) is 0 Å². The second kappa shape index (κ2) is 11.5. The minimum absolute atomic E-state index is 0.0666. The third kappa shape index (κ3) is 7.27. The van der Waals surface area contributed by atoms with Crippen molar-refractivity contribution in [3.63, 3.8) is 0 Å². The van der Waals surface area contributed by atoms with Gasteiger partial charge in [-0.3, -0.25) is 19.0 Å². The van der Waals surface area contributed by atoms with Gasteiger partial charge in [0.25, 0.3) is 10.1 Å². The SMILES string of the molecule is COCC1=C(C(=O)OCOC(=O)C(C)(C)C)N2C(=O)C(N)[C@H]2SC1.Cc1ccc(S(=O)(=O)O)cc1. The number of esters is 2. The molecule has 1 saturated heterocycles. The summed E-state index contributed by atoms with van der Waals surface area (Å²) in [5.74, 6) is -1.03. The molecule has 2 atom stereocenters. The molecule has 2 aliphatic heterocycles. The lowest BCUT2D eigenvalue weighted by Gasteiger charge is -2.48. The number of hydrogen-bond donors (Lipinski definition) is 2. The highest BCUT2D eigenvalue weighted by Gasteiger charge is 2.52. The number of fused-ring (bicyclic) bond motifs is 1. The maximum Gasteiger partial charge on any atom is 0.358 e. The lowest BCUT2D eigenvalue weighted by atomic mass is 9.98. The van der Waals surface area contributed by atoms with E-state index in [1.807, 2.05) is 6.92 Å². The van der Waals surface area contributed by atoms with Crippen LogP contribution in [-0.2, 0) is 38.7 Å². The quantitative estimate of drug-likeness (QED) is 0.237. The Labute approximate surface area is 208 Å². The highest BCUT2D eigenvalue weighted by molar-refractivity contribution is 8.00. The first-order valence-corrected chi connectivity index (χ1v) is 13.0. The fourth-order valence-corrected chi connectivity index (χ4v) is 4.74. The van der Waals surface area contributed by atoms with Crippen molar-refractivity contribution < 1.29 is 41.6 Å². The Morgan fingerprint density at radius 3 is 2.31 bits per heavy atom. The minimum Gasteiger partial charge on any atom is -0.427 e. The van der Waals surface area contributed by atoms with E-state index in [2.05, 4.69) is 0 Å². The monoisotopic (exact) mass is 530 g/mol. The Hall–Kier alpha value is -2.45. The summed E-state index contributed by atoms with van der Waals surface area (Å²) >= 11 is 1.48. The normalized spacial score (nSPS) is 19.7. The first-order chi connectivity index (χ1) is 16.2. The van der Waals surface area contributed by atoms with Crippen molar-refractivity contribution in [2.24, 2.45) is 11.1 Å². The van der Waals surface area contributed by atoms with E-state index in [9.17, 15) is 22.8 Å².